The van der Waals surface area contributed by atoms with E-state index in [4.69, 9.17) is 4.98 Å². The maximum Gasteiger partial charge on any atom is 0.252 e. The van der Waals surface area contributed by atoms with Crippen LogP contribution in [0, 0.1) is 0 Å². The predicted molar refractivity (Wildman–Crippen MR) is 119 cm³/mol. The first-order valence-electron chi connectivity index (χ1n) is 9.92. The van der Waals surface area contributed by atoms with Crippen LogP contribution in [0.15, 0.2) is 83.7 Å². The van der Waals surface area contributed by atoms with Gasteiger partial charge in [-0.25, -0.2) is 4.98 Å². The van der Waals surface area contributed by atoms with E-state index in [0.29, 0.717) is 11.6 Å². The van der Waals surface area contributed by atoms with Crippen molar-refractivity contribution >= 4 is 22.4 Å². The Morgan fingerprint density at radius 3 is 2.21 bits per heavy atom. The Morgan fingerprint density at radius 2 is 1.41 bits per heavy atom. The molecule has 5 nitrogen and oxygen atoms in total. The maximum absolute atomic E-state index is 12.3. The molecule has 2 heterocycles. The van der Waals surface area contributed by atoms with Crippen LogP contribution in [0.25, 0.3) is 22.0 Å². The van der Waals surface area contributed by atoms with Crippen molar-refractivity contribution in [2.75, 3.05) is 36.0 Å². The fourth-order valence-corrected chi connectivity index (χ4v) is 3.91. The number of anilines is 2. The first kappa shape index (κ1) is 17.5. The molecule has 1 saturated heterocycles. The summed E-state index contributed by atoms with van der Waals surface area (Å²) in [5, 5.41) is 2.32. The van der Waals surface area contributed by atoms with E-state index in [2.05, 4.69) is 63.3 Å². The first-order chi connectivity index (χ1) is 14.3. The van der Waals surface area contributed by atoms with Crippen LogP contribution in [0.1, 0.15) is 0 Å². The summed E-state index contributed by atoms with van der Waals surface area (Å²) in [4.78, 5) is 24.6. The first-order valence-corrected chi connectivity index (χ1v) is 9.92. The lowest BCUT2D eigenvalue weighted by molar-refractivity contribution is 0.639. The van der Waals surface area contributed by atoms with Crippen LogP contribution < -0.4 is 15.4 Å². The minimum atomic E-state index is -0.122. The van der Waals surface area contributed by atoms with E-state index in [1.807, 2.05) is 24.3 Å². The average molecular weight is 382 g/mol. The van der Waals surface area contributed by atoms with Crippen LogP contribution >= 0.6 is 0 Å². The second-order valence-electron chi connectivity index (χ2n) is 7.33. The summed E-state index contributed by atoms with van der Waals surface area (Å²) in [5.74, 6) is 0.647. The number of rotatable bonds is 3. The summed E-state index contributed by atoms with van der Waals surface area (Å²) in [7, 11) is 0. The number of aromatic amines is 1. The molecule has 0 bridgehead atoms. The number of hydrogen-bond acceptors (Lipinski definition) is 4. The molecule has 1 aliphatic rings. The van der Waals surface area contributed by atoms with Gasteiger partial charge in [-0.05, 0) is 29.0 Å². The van der Waals surface area contributed by atoms with Crippen LogP contribution in [-0.4, -0.2) is 36.1 Å². The molecule has 3 aromatic carbocycles. The lowest BCUT2D eigenvalue weighted by Crippen LogP contribution is -2.47. The summed E-state index contributed by atoms with van der Waals surface area (Å²) < 4.78 is 0. The van der Waals surface area contributed by atoms with Crippen molar-refractivity contribution in [3.8, 4) is 11.3 Å². The van der Waals surface area contributed by atoms with Crippen LogP contribution in [0.4, 0.5) is 11.6 Å². The number of fused-ring (bicyclic) bond motifs is 1. The maximum atomic E-state index is 12.3. The average Bonchev–Trinajstić information content (AvgIpc) is 2.79. The molecule has 0 aliphatic carbocycles. The fourth-order valence-electron chi connectivity index (χ4n) is 3.91. The lowest BCUT2D eigenvalue weighted by Gasteiger charge is -2.36. The number of piperazine rings is 1. The minimum absolute atomic E-state index is 0.122. The molecule has 1 aliphatic heterocycles. The Labute approximate surface area is 169 Å². The highest BCUT2D eigenvalue weighted by molar-refractivity contribution is 5.86. The topological polar surface area (TPSA) is 52.2 Å². The van der Waals surface area contributed by atoms with Crippen molar-refractivity contribution < 1.29 is 0 Å². The number of benzene rings is 3. The van der Waals surface area contributed by atoms with Crippen molar-refractivity contribution in [1.82, 2.24) is 9.97 Å². The lowest BCUT2D eigenvalue weighted by atomic mass is 10.1. The molecule has 5 rings (SSSR count). The van der Waals surface area contributed by atoms with E-state index in [1.165, 1.54) is 11.1 Å². The molecular formula is C24H22N4O. The van der Waals surface area contributed by atoms with Gasteiger partial charge in [0.25, 0.3) is 5.56 Å². The Balaban J connectivity index is 1.40. The van der Waals surface area contributed by atoms with Gasteiger partial charge in [0.1, 0.15) is 0 Å². The van der Waals surface area contributed by atoms with Gasteiger partial charge in [-0.2, -0.15) is 0 Å². The van der Waals surface area contributed by atoms with E-state index in [-0.39, 0.29) is 5.56 Å². The molecule has 0 unspecified atom stereocenters. The van der Waals surface area contributed by atoms with Crippen molar-refractivity contribution in [1.29, 1.82) is 0 Å². The normalized spacial score (nSPS) is 14.3. The van der Waals surface area contributed by atoms with E-state index in [0.717, 1.165) is 37.1 Å². The van der Waals surface area contributed by atoms with Gasteiger partial charge in [-0.3, -0.25) is 9.78 Å². The van der Waals surface area contributed by atoms with Gasteiger partial charge in [-0.1, -0.05) is 54.6 Å². The fraction of sp³-hybridized carbons (Fsp3) is 0.167. The molecule has 4 aromatic rings. The molecule has 29 heavy (non-hydrogen) atoms. The third kappa shape index (κ3) is 3.59. The molecule has 5 heteroatoms. The number of para-hydroxylation sites is 1. The molecule has 1 fully saturated rings. The van der Waals surface area contributed by atoms with Crippen LogP contribution in [0.3, 0.4) is 0 Å². The van der Waals surface area contributed by atoms with Gasteiger partial charge < -0.3 is 9.80 Å². The number of nitrogens with one attached hydrogen (secondary N) is 1. The van der Waals surface area contributed by atoms with Crippen molar-refractivity contribution in [3.63, 3.8) is 0 Å². The van der Waals surface area contributed by atoms with E-state index in [1.54, 1.807) is 6.07 Å². The van der Waals surface area contributed by atoms with Gasteiger partial charge in [0.15, 0.2) is 0 Å². The van der Waals surface area contributed by atoms with Crippen LogP contribution in [0.5, 0.6) is 0 Å². The molecule has 144 valence electrons. The zero-order chi connectivity index (χ0) is 19.6. The standard InChI is InChI=1S/C24H22N4O/c29-23-17-22(20-11-10-18-6-4-5-7-19(18)16-20)25-24(26-23)28-14-12-27(13-15-28)21-8-2-1-3-9-21/h1-11,16-17H,12-15H2,(H,25,26,29). The molecule has 0 atom stereocenters. The van der Waals surface area contributed by atoms with Gasteiger partial charge in [0.2, 0.25) is 5.95 Å². The number of aromatic nitrogens is 2. The van der Waals surface area contributed by atoms with Crippen LogP contribution in [0.2, 0.25) is 0 Å². The van der Waals surface area contributed by atoms with Crippen molar-refractivity contribution in [2.45, 2.75) is 0 Å². The van der Waals surface area contributed by atoms with Crippen molar-refractivity contribution in [2.24, 2.45) is 0 Å². The molecule has 0 amide bonds. The van der Waals surface area contributed by atoms with E-state index >= 15 is 0 Å². The van der Waals surface area contributed by atoms with Gasteiger partial charge in [-0.15, -0.1) is 0 Å². The van der Waals surface area contributed by atoms with Crippen molar-refractivity contribution in [3.05, 3.63) is 89.2 Å². The molecule has 0 spiro atoms. The smallest absolute Gasteiger partial charge is 0.252 e. The molecular weight excluding hydrogens is 360 g/mol. The number of hydrogen-bond donors (Lipinski definition) is 1. The Kier molecular flexibility index (Phi) is 4.48. The van der Waals surface area contributed by atoms with Gasteiger partial charge >= 0.3 is 0 Å². The monoisotopic (exact) mass is 382 g/mol. The van der Waals surface area contributed by atoms with E-state index in [9.17, 15) is 4.79 Å². The summed E-state index contributed by atoms with van der Waals surface area (Å²) in [6.45, 7) is 3.43. The molecule has 0 radical (unpaired) electrons. The summed E-state index contributed by atoms with van der Waals surface area (Å²) in [6, 6.07) is 26.4. The highest BCUT2D eigenvalue weighted by Gasteiger charge is 2.19. The number of nitrogens with zero attached hydrogens (tertiary/aromatic N) is 3. The SMILES string of the molecule is O=c1cc(-c2ccc3ccccc3c2)nc(N2CCN(c3ccccc3)CC2)[nH]1. The molecule has 0 saturated carbocycles. The predicted octanol–water partition coefficient (Wildman–Crippen LogP) is 3.92. The summed E-state index contributed by atoms with van der Waals surface area (Å²) in [5.41, 5.74) is 2.78. The second-order valence-corrected chi connectivity index (χ2v) is 7.33. The minimum Gasteiger partial charge on any atom is -0.368 e. The Bertz CT molecular complexity index is 1190. The van der Waals surface area contributed by atoms with E-state index < -0.39 is 0 Å². The molecule has 1 aromatic heterocycles. The van der Waals surface area contributed by atoms with Crippen LogP contribution in [-0.2, 0) is 0 Å². The summed E-state index contributed by atoms with van der Waals surface area (Å²) >= 11 is 0. The third-order valence-electron chi connectivity index (χ3n) is 5.47. The highest BCUT2D eigenvalue weighted by Crippen LogP contribution is 2.24. The highest BCUT2D eigenvalue weighted by atomic mass is 16.1. The van der Waals surface area contributed by atoms with Gasteiger partial charge in [0, 0.05) is 43.5 Å². The number of H-pyrrole nitrogens is 1. The Hall–Kier alpha value is -3.60. The summed E-state index contributed by atoms with van der Waals surface area (Å²) in [6.07, 6.45) is 0. The Morgan fingerprint density at radius 1 is 0.724 bits per heavy atom. The quantitative estimate of drug-likeness (QED) is 0.584. The second kappa shape index (κ2) is 7.43. The largest absolute Gasteiger partial charge is 0.368 e. The third-order valence-corrected chi connectivity index (χ3v) is 5.47. The molecule has 1 N–H and O–H groups in total. The van der Waals surface area contributed by atoms with Gasteiger partial charge in [0.05, 0.1) is 5.69 Å². The zero-order valence-electron chi connectivity index (χ0n) is 16.1. The zero-order valence-corrected chi connectivity index (χ0v) is 16.1.